The van der Waals surface area contributed by atoms with Gasteiger partial charge in [0, 0.05) is 12.7 Å². The molecule has 1 aromatic carbocycles. The van der Waals surface area contributed by atoms with Gasteiger partial charge in [0.1, 0.15) is 17.5 Å². The number of thiazole rings is 1. The highest BCUT2D eigenvalue weighted by molar-refractivity contribution is 7.22. The molecule has 2 aromatic heterocycles. The molecule has 0 saturated carbocycles. The Kier molecular flexibility index (Phi) is 5.20. The first-order chi connectivity index (χ1) is 13.2. The number of anilines is 2. The first-order valence-electron chi connectivity index (χ1n) is 8.05. The maximum atomic E-state index is 13.2. The van der Waals surface area contributed by atoms with Crippen LogP contribution in [0.15, 0.2) is 30.3 Å². The molecule has 3 rings (SSSR count). The number of rotatable bonds is 4. The second kappa shape index (κ2) is 7.44. The minimum atomic E-state index is -4.70. The summed E-state index contributed by atoms with van der Waals surface area (Å²) >= 11 is 1.32. The number of fused-ring (bicyclic) bond motifs is 1. The lowest BCUT2D eigenvalue weighted by Crippen LogP contribution is -2.32. The van der Waals surface area contributed by atoms with Crippen LogP contribution in [0.2, 0.25) is 0 Å². The van der Waals surface area contributed by atoms with Crippen LogP contribution in [0.4, 0.5) is 24.1 Å². The number of aryl methyl sites for hydroxylation is 1. The molecule has 2 heterocycles. The average molecular weight is 405 g/mol. The van der Waals surface area contributed by atoms with Crippen LogP contribution in [0.25, 0.3) is 10.2 Å². The zero-order chi connectivity index (χ0) is 20.5. The van der Waals surface area contributed by atoms with E-state index >= 15 is 0 Å². The van der Waals surface area contributed by atoms with Crippen molar-refractivity contribution in [2.24, 2.45) is 0 Å². The van der Waals surface area contributed by atoms with Gasteiger partial charge >= 0.3 is 6.18 Å². The molecule has 0 bridgehead atoms. The highest BCUT2D eigenvalue weighted by Crippen LogP contribution is 2.34. The van der Waals surface area contributed by atoms with Crippen LogP contribution in [0, 0.1) is 18.3 Å². The summed E-state index contributed by atoms with van der Waals surface area (Å²) in [7, 11) is 1.53. The maximum Gasteiger partial charge on any atom is 0.417 e. The van der Waals surface area contributed by atoms with Crippen molar-refractivity contribution in [3.8, 4) is 6.07 Å². The quantitative estimate of drug-likeness (QED) is 0.710. The van der Waals surface area contributed by atoms with Crippen LogP contribution in [0.1, 0.15) is 16.8 Å². The third-order valence-corrected chi connectivity index (χ3v) is 5.03. The number of nitriles is 1. The standard InChI is InChI=1S/C18H14F3N5OS/c1-10-7-12(18(19,20)21)11(8-22)16(24-10)23-9-15(27)26(2)17-25-13-5-3-4-6-14(13)28-17/h3-7H,9H2,1-2H3,(H,23,24). The van der Waals surface area contributed by atoms with Crippen molar-refractivity contribution in [1.29, 1.82) is 5.26 Å². The smallest absolute Gasteiger partial charge is 0.360 e. The number of benzene rings is 1. The molecule has 10 heteroatoms. The van der Waals surface area contributed by atoms with Gasteiger partial charge in [0.05, 0.1) is 22.3 Å². The van der Waals surface area contributed by atoms with Crippen LogP contribution in [0.3, 0.4) is 0 Å². The molecule has 3 aromatic rings. The molecule has 0 radical (unpaired) electrons. The van der Waals surface area contributed by atoms with Crippen molar-refractivity contribution < 1.29 is 18.0 Å². The molecule has 1 N–H and O–H groups in total. The van der Waals surface area contributed by atoms with Gasteiger partial charge in [0.2, 0.25) is 5.91 Å². The fourth-order valence-electron chi connectivity index (χ4n) is 2.53. The summed E-state index contributed by atoms with van der Waals surface area (Å²) < 4.78 is 40.4. The van der Waals surface area contributed by atoms with Gasteiger partial charge < -0.3 is 5.32 Å². The summed E-state index contributed by atoms with van der Waals surface area (Å²) in [6, 6.07) is 9.71. The summed E-state index contributed by atoms with van der Waals surface area (Å²) in [6.07, 6.45) is -4.70. The summed E-state index contributed by atoms with van der Waals surface area (Å²) in [4.78, 5) is 22.1. The van der Waals surface area contributed by atoms with Crippen molar-refractivity contribution in [2.45, 2.75) is 13.1 Å². The lowest BCUT2D eigenvalue weighted by molar-refractivity contribution is -0.137. The first kappa shape index (κ1) is 19.6. The van der Waals surface area contributed by atoms with Gasteiger partial charge in [-0.3, -0.25) is 9.69 Å². The molecule has 0 fully saturated rings. The number of halogens is 3. The van der Waals surface area contributed by atoms with E-state index in [9.17, 15) is 18.0 Å². The molecule has 0 aliphatic carbocycles. The van der Waals surface area contributed by atoms with Crippen LogP contribution in [0.5, 0.6) is 0 Å². The second-order valence-electron chi connectivity index (χ2n) is 5.91. The Morgan fingerprint density at radius 3 is 2.68 bits per heavy atom. The monoisotopic (exact) mass is 405 g/mol. The predicted molar refractivity (Wildman–Crippen MR) is 100 cm³/mol. The van der Waals surface area contributed by atoms with E-state index < -0.39 is 23.2 Å². The lowest BCUT2D eigenvalue weighted by atomic mass is 10.1. The molecule has 0 aliphatic rings. The molecular weight excluding hydrogens is 391 g/mol. The van der Waals surface area contributed by atoms with Crippen LogP contribution in [-0.2, 0) is 11.0 Å². The number of amides is 1. The van der Waals surface area contributed by atoms with E-state index in [0.717, 1.165) is 16.3 Å². The number of nitrogens with one attached hydrogen (secondary N) is 1. The van der Waals surface area contributed by atoms with Crippen molar-refractivity contribution in [3.05, 3.63) is 47.2 Å². The molecular formula is C18H14F3N5OS. The van der Waals surface area contributed by atoms with E-state index in [2.05, 4.69) is 15.3 Å². The minimum absolute atomic E-state index is 0.0841. The fraction of sp³-hybridized carbons (Fsp3) is 0.222. The third-order valence-electron chi connectivity index (χ3n) is 3.92. The SMILES string of the molecule is Cc1cc(C(F)(F)F)c(C#N)c(NCC(=O)N(C)c2nc3ccccc3s2)n1. The van der Waals surface area contributed by atoms with Gasteiger partial charge in [-0.2, -0.15) is 18.4 Å². The summed E-state index contributed by atoms with van der Waals surface area (Å²) in [5.41, 5.74) is -0.900. The van der Waals surface area contributed by atoms with Crippen molar-refractivity contribution in [1.82, 2.24) is 9.97 Å². The van der Waals surface area contributed by atoms with E-state index in [4.69, 9.17) is 5.26 Å². The van der Waals surface area contributed by atoms with Crippen molar-refractivity contribution >= 4 is 38.4 Å². The zero-order valence-electron chi connectivity index (χ0n) is 14.8. The number of nitrogens with zero attached hydrogens (tertiary/aromatic N) is 4. The lowest BCUT2D eigenvalue weighted by Gasteiger charge is -2.16. The zero-order valence-corrected chi connectivity index (χ0v) is 15.6. The Morgan fingerprint density at radius 1 is 1.32 bits per heavy atom. The van der Waals surface area contributed by atoms with Gasteiger partial charge in [-0.05, 0) is 25.1 Å². The van der Waals surface area contributed by atoms with Crippen LogP contribution in [-0.4, -0.2) is 29.5 Å². The van der Waals surface area contributed by atoms with Crippen LogP contribution >= 0.6 is 11.3 Å². The van der Waals surface area contributed by atoms with Crippen LogP contribution < -0.4 is 10.2 Å². The number of para-hydroxylation sites is 1. The normalized spacial score (nSPS) is 11.3. The largest absolute Gasteiger partial charge is 0.417 e. The number of aromatic nitrogens is 2. The molecule has 6 nitrogen and oxygen atoms in total. The number of hydrogen-bond acceptors (Lipinski definition) is 6. The Morgan fingerprint density at radius 2 is 2.04 bits per heavy atom. The number of hydrogen-bond donors (Lipinski definition) is 1. The minimum Gasteiger partial charge on any atom is -0.360 e. The number of pyridine rings is 1. The Hall–Kier alpha value is -3.19. The van der Waals surface area contributed by atoms with Crippen molar-refractivity contribution in [2.75, 3.05) is 23.8 Å². The Labute approximate surface area is 162 Å². The molecule has 0 aliphatic heterocycles. The van der Waals surface area contributed by atoms with Gasteiger partial charge in [-0.15, -0.1) is 0 Å². The van der Waals surface area contributed by atoms with Crippen molar-refractivity contribution in [3.63, 3.8) is 0 Å². The average Bonchev–Trinajstić information content (AvgIpc) is 3.08. The van der Waals surface area contributed by atoms with Gasteiger partial charge in [-0.1, -0.05) is 23.5 Å². The highest BCUT2D eigenvalue weighted by atomic mass is 32.1. The molecule has 0 unspecified atom stereocenters. The second-order valence-corrected chi connectivity index (χ2v) is 6.92. The number of likely N-dealkylation sites (N-methyl/N-ethyl adjacent to an activating group) is 1. The van der Waals surface area contributed by atoms with Gasteiger partial charge in [0.25, 0.3) is 0 Å². The summed E-state index contributed by atoms with van der Waals surface area (Å²) in [5.74, 6) is -0.708. The number of alkyl halides is 3. The molecule has 28 heavy (non-hydrogen) atoms. The molecule has 0 atom stereocenters. The molecule has 1 amide bonds. The number of carbonyl (C=O) groups excluding carboxylic acids is 1. The summed E-state index contributed by atoms with van der Waals surface area (Å²) in [5, 5.41) is 12.2. The fourth-order valence-corrected chi connectivity index (χ4v) is 3.47. The first-order valence-corrected chi connectivity index (χ1v) is 8.87. The Balaban J connectivity index is 1.81. The number of carbonyl (C=O) groups is 1. The molecule has 144 valence electrons. The van der Waals surface area contributed by atoms with Gasteiger partial charge in [0.15, 0.2) is 5.13 Å². The summed E-state index contributed by atoms with van der Waals surface area (Å²) in [6.45, 7) is 1.05. The van der Waals surface area contributed by atoms with E-state index in [-0.39, 0.29) is 18.1 Å². The van der Waals surface area contributed by atoms with E-state index in [1.165, 1.54) is 36.3 Å². The molecule has 0 spiro atoms. The van der Waals surface area contributed by atoms with Gasteiger partial charge in [-0.25, -0.2) is 9.97 Å². The third kappa shape index (κ3) is 3.89. The topological polar surface area (TPSA) is 81.9 Å². The predicted octanol–water partition coefficient (Wildman–Crippen LogP) is 3.97. The highest BCUT2D eigenvalue weighted by Gasteiger charge is 2.35. The Bertz CT molecular complexity index is 1050. The van der Waals surface area contributed by atoms with E-state index in [1.807, 2.05) is 24.3 Å². The van der Waals surface area contributed by atoms with E-state index in [1.54, 1.807) is 0 Å². The molecule has 0 saturated heterocycles. The van der Waals surface area contributed by atoms with E-state index in [0.29, 0.717) is 5.13 Å². The maximum absolute atomic E-state index is 13.2.